The molecule has 0 aliphatic heterocycles. The Labute approximate surface area is 179 Å². The highest BCUT2D eigenvalue weighted by Gasteiger charge is 2.19. The molecule has 0 atom stereocenters. The van der Waals surface area contributed by atoms with Crippen molar-refractivity contribution in [1.29, 1.82) is 0 Å². The zero-order valence-corrected chi connectivity index (χ0v) is 17.8. The zero-order chi connectivity index (χ0) is 22.1. The van der Waals surface area contributed by atoms with E-state index in [0.717, 1.165) is 21.3 Å². The molecule has 8 heteroatoms. The van der Waals surface area contributed by atoms with Crippen LogP contribution in [0.25, 0.3) is 22.3 Å². The van der Waals surface area contributed by atoms with Crippen LogP contribution >= 0.6 is 0 Å². The lowest BCUT2D eigenvalue weighted by Crippen LogP contribution is -2.37. The number of aliphatic hydroxyl groups excluding tert-OH is 1. The maximum atomic E-state index is 12.9. The second kappa shape index (κ2) is 8.23. The van der Waals surface area contributed by atoms with Gasteiger partial charge in [0.2, 0.25) is 5.95 Å². The molecule has 2 aromatic carbocycles. The van der Waals surface area contributed by atoms with Crippen LogP contribution in [0.5, 0.6) is 0 Å². The van der Waals surface area contributed by atoms with E-state index in [1.165, 1.54) is 17.2 Å². The summed E-state index contributed by atoms with van der Waals surface area (Å²) in [6, 6.07) is 16.5. The molecule has 2 N–H and O–H groups in total. The average Bonchev–Trinajstić information content (AvgIpc) is 3.14. The van der Waals surface area contributed by atoms with Gasteiger partial charge in [-0.15, -0.1) is 0 Å². The minimum absolute atomic E-state index is 0.0780. The highest BCUT2D eigenvalue weighted by atomic mass is 16.3. The summed E-state index contributed by atoms with van der Waals surface area (Å²) in [6.07, 6.45) is 0. The number of rotatable bonds is 6. The second-order valence-electron chi connectivity index (χ2n) is 7.61. The summed E-state index contributed by atoms with van der Waals surface area (Å²) in [7, 11) is 3.05. The molecule has 4 rings (SSSR count). The van der Waals surface area contributed by atoms with E-state index >= 15 is 0 Å². The molecule has 0 spiro atoms. The van der Waals surface area contributed by atoms with Crippen LogP contribution in [0.4, 0.5) is 5.95 Å². The van der Waals surface area contributed by atoms with Crippen LogP contribution < -0.4 is 16.6 Å². The summed E-state index contributed by atoms with van der Waals surface area (Å²) in [6.45, 7) is 2.66. The third kappa shape index (κ3) is 3.77. The summed E-state index contributed by atoms with van der Waals surface area (Å²) >= 11 is 0. The molecule has 2 heterocycles. The Morgan fingerprint density at radius 3 is 2.16 bits per heavy atom. The first-order chi connectivity index (χ1) is 14.9. The standard InChI is InChI=1S/C23H25N5O3/c1-15-4-8-17(9-5-15)18-10-6-16(7-11-18)14-28-19-20(25-22(28)24-12-13-29)26(2)23(31)27(3)21(19)30/h4-11,29H,12-14H2,1-3H3,(H,24,25). The third-order valence-corrected chi connectivity index (χ3v) is 5.42. The van der Waals surface area contributed by atoms with E-state index in [-0.39, 0.29) is 13.2 Å². The molecule has 8 nitrogen and oxygen atoms in total. The van der Waals surface area contributed by atoms with Crippen molar-refractivity contribution in [1.82, 2.24) is 18.7 Å². The first-order valence-electron chi connectivity index (χ1n) is 10.1. The Kier molecular flexibility index (Phi) is 5.48. The summed E-state index contributed by atoms with van der Waals surface area (Å²) in [5.74, 6) is 0.435. The highest BCUT2D eigenvalue weighted by Crippen LogP contribution is 2.22. The van der Waals surface area contributed by atoms with Gasteiger partial charge in [-0.3, -0.25) is 18.5 Å². The molecular formula is C23H25N5O3. The second-order valence-corrected chi connectivity index (χ2v) is 7.61. The Balaban J connectivity index is 1.77. The van der Waals surface area contributed by atoms with Crippen molar-refractivity contribution in [2.24, 2.45) is 14.1 Å². The van der Waals surface area contributed by atoms with Gasteiger partial charge in [-0.2, -0.15) is 4.98 Å². The molecule has 31 heavy (non-hydrogen) atoms. The van der Waals surface area contributed by atoms with Crippen molar-refractivity contribution in [3.8, 4) is 11.1 Å². The maximum Gasteiger partial charge on any atom is 0.332 e. The number of fused-ring (bicyclic) bond motifs is 1. The van der Waals surface area contributed by atoms with E-state index in [4.69, 9.17) is 0 Å². The van der Waals surface area contributed by atoms with Crippen LogP contribution in [0.2, 0.25) is 0 Å². The predicted octanol–water partition coefficient (Wildman–Crippen LogP) is 1.86. The number of hydrogen-bond donors (Lipinski definition) is 2. The Bertz CT molecular complexity index is 1350. The van der Waals surface area contributed by atoms with Crippen LogP contribution in [0.3, 0.4) is 0 Å². The third-order valence-electron chi connectivity index (χ3n) is 5.42. The maximum absolute atomic E-state index is 12.9. The van der Waals surface area contributed by atoms with Crippen molar-refractivity contribution < 1.29 is 5.11 Å². The van der Waals surface area contributed by atoms with Crippen molar-refractivity contribution in [2.45, 2.75) is 13.5 Å². The van der Waals surface area contributed by atoms with Crippen LogP contribution in [0.15, 0.2) is 58.1 Å². The predicted molar refractivity (Wildman–Crippen MR) is 122 cm³/mol. The summed E-state index contributed by atoms with van der Waals surface area (Å²) in [4.78, 5) is 29.7. The fourth-order valence-corrected chi connectivity index (χ4v) is 3.63. The van der Waals surface area contributed by atoms with E-state index in [9.17, 15) is 14.7 Å². The summed E-state index contributed by atoms with van der Waals surface area (Å²) in [5, 5.41) is 12.3. The van der Waals surface area contributed by atoms with Gasteiger partial charge in [0.25, 0.3) is 5.56 Å². The number of aliphatic hydroxyl groups is 1. The van der Waals surface area contributed by atoms with Gasteiger partial charge < -0.3 is 10.4 Å². The molecule has 0 aliphatic rings. The largest absolute Gasteiger partial charge is 0.395 e. The van der Waals surface area contributed by atoms with E-state index in [1.54, 1.807) is 11.6 Å². The summed E-state index contributed by atoms with van der Waals surface area (Å²) < 4.78 is 4.20. The quantitative estimate of drug-likeness (QED) is 0.498. The molecule has 0 saturated heterocycles. The molecule has 0 unspecified atom stereocenters. The van der Waals surface area contributed by atoms with Gasteiger partial charge in [0, 0.05) is 20.6 Å². The number of aromatic nitrogens is 4. The minimum Gasteiger partial charge on any atom is -0.395 e. The molecule has 0 saturated carbocycles. The van der Waals surface area contributed by atoms with Gasteiger partial charge in [-0.1, -0.05) is 54.1 Å². The lowest BCUT2D eigenvalue weighted by Gasteiger charge is -2.11. The molecule has 0 aliphatic carbocycles. The topological polar surface area (TPSA) is 94.1 Å². The number of benzene rings is 2. The van der Waals surface area contributed by atoms with E-state index in [2.05, 4.69) is 41.5 Å². The molecule has 4 aromatic rings. The van der Waals surface area contributed by atoms with Crippen LogP contribution in [0, 0.1) is 6.92 Å². The van der Waals surface area contributed by atoms with Gasteiger partial charge in [0.15, 0.2) is 11.2 Å². The number of hydrogen-bond acceptors (Lipinski definition) is 5. The Morgan fingerprint density at radius 1 is 0.935 bits per heavy atom. The molecule has 2 aromatic heterocycles. The first kappa shape index (κ1) is 20.6. The van der Waals surface area contributed by atoms with Crippen LogP contribution in [-0.2, 0) is 20.6 Å². The fraction of sp³-hybridized carbons (Fsp3) is 0.261. The lowest BCUT2D eigenvalue weighted by atomic mass is 10.0. The van der Waals surface area contributed by atoms with E-state index in [1.807, 2.05) is 24.3 Å². The van der Waals surface area contributed by atoms with Gasteiger partial charge in [-0.05, 0) is 23.6 Å². The molecule has 160 valence electrons. The van der Waals surface area contributed by atoms with E-state index in [0.29, 0.717) is 23.7 Å². The van der Waals surface area contributed by atoms with Gasteiger partial charge in [0.1, 0.15) is 0 Å². The van der Waals surface area contributed by atoms with Crippen molar-refractivity contribution in [3.05, 3.63) is 80.5 Å². The van der Waals surface area contributed by atoms with Crippen molar-refractivity contribution >= 4 is 17.1 Å². The van der Waals surface area contributed by atoms with Gasteiger partial charge in [-0.25, -0.2) is 4.79 Å². The molecule has 0 radical (unpaired) electrons. The molecule has 0 bridgehead atoms. The molecule has 0 fully saturated rings. The first-order valence-corrected chi connectivity index (χ1v) is 10.1. The number of imidazole rings is 1. The molecule has 0 amide bonds. The highest BCUT2D eigenvalue weighted by molar-refractivity contribution is 5.74. The number of nitrogens with one attached hydrogen (secondary N) is 1. The van der Waals surface area contributed by atoms with Crippen molar-refractivity contribution in [3.63, 3.8) is 0 Å². The minimum atomic E-state index is -0.432. The van der Waals surface area contributed by atoms with Crippen LogP contribution in [0.1, 0.15) is 11.1 Å². The SMILES string of the molecule is Cc1ccc(-c2ccc(Cn3c(NCCO)nc4c3c(=O)n(C)c(=O)n4C)cc2)cc1. The van der Waals surface area contributed by atoms with Crippen LogP contribution in [-0.4, -0.2) is 36.9 Å². The number of aryl methyl sites for hydroxylation is 2. The van der Waals surface area contributed by atoms with Gasteiger partial charge in [0.05, 0.1) is 13.2 Å². The lowest BCUT2D eigenvalue weighted by molar-refractivity contribution is 0.310. The number of anilines is 1. The Morgan fingerprint density at radius 2 is 1.55 bits per heavy atom. The average molecular weight is 419 g/mol. The molecular weight excluding hydrogens is 394 g/mol. The van der Waals surface area contributed by atoms with E-state index < -0.39 is 11.2 Å². The van der Waals surface area contributed by atoms with Gasteiger partial charge >= 0.3 is 5.69 Å². The zero-order valence-electron chi connectivity index (χ0n) is 17.8. The Hall–Kier alpha value is -3.65. The summed E-state index contributed by atoms with van der Waals surface area (Å²) in [5.41, 5.74) is 4.26. The van der Waals surface area contributed by atoms with Crippen molar-refractivity contribution in [2.75, 3.05) is 18.5 Å². The number of nitrogens with zero attached hydrogens (tertiary/aromatic N) is 4. The monoisotopic (exact) mass is 419 g/mol. The normalized spacial score (nSPS) is 11.2. The fourth-order valence-electron chi connectivity index (χ4n) is 3.63. The smallest absolute Gasteiger partial charge is 0.332 e.